The Morgan fingerprint density at radius 2 is 1.87 bits per heavy atom. The highest BCUT2D eigenvalue weighted by Gasteiger charge is 2.09. The zero-order valence-corrected chi connectivity index (χ0v) is 12.3. The number of nitrogens with one attached hydrogen (secondary N) is 1. The van der Waals surface area contributed by atoms with E-state index in [2.05, 4.69) is 20.3 Å². The van der Waals surface area contributed by atoms with Crippen molar-refractivity contribution in [3.8, 4) is 11.3 Å². The Bertz CT molecular complexity index is 835. The molecule has 0 unspecified atom stereocenters. The molecule has 0 aliphatic rings. The number of benzene rings is 1. The lowest BCUT2D eigenvalue weighted by Crippen LogP contribution is -2.13. The van der Waals surface area contributed by atoms with Crippen LogP contribution in [0.5, 0.6) is 0 Å². The van der Waals surface area contributed by atoms with Crippen LogP contribution in [0.1, 0.15) is 15.9 Å². The first-order valence-electron chi connectivity index (χ1n) is 6.92. The minimum absolute atomic E-state index is 0.303. The second-order valence-electron chi connectivity index (χ2n) is 4.97. The lowest BCUT2D eigenvalue weighted by atomic mass is 10.1. The van der Waals surface area contributed by atoms with Gasteiger partial charge in [0.15, 0.2) is 0 Å². The van der Waals surface area contributed by atoms with E-state index < -0.39 is 0 Å². The van der Waals surface area contributed by atoms with Crippen LogP contribution in [0, 0.1) is 12.7 Å². The largest absolute Gasteiger partial charge is 0.322 e. The molecule has 3 rings (SSSR count). The van der Waals surface area contributed by atoms with E-state index in [9.17, 15) is 9.18 Å². The zero-order chi connectivity index (χ0) is 16.2. The molecule has 23 heavy (non-hydrogen) atoms. The third-order valence-corrected chi connectivity index (χ3v) is 3.32. The summed E-state index contributed by atoms with van der Waals surface area (Å²) in [5, 5.41) is 2.74. The number of hydrogen-bond acceptors (Lipinski definition) is 4. The number of hydrogen-bond donors (Lipinski definition) is 1. The fraction of sp³-hybridized carbons (Fsp3) is 0.0588. The highest BCUT2D eigenvalue weighted by atomic mass is 19.1. The first-order chi connectivity index (χ1) is 11.1. The normalized spacial score (nSPS) is 10.3. The van der Waals surface area contributed by atoms with E-state index >= 15 is 0 Å². The van der Waals surface area contributed by atoms with Crippen molar-refractivity contribution in [3.63, 3.8) is 0 Å². The maximum Gasteiger partial charge on any atom is 0.257 e. The number of nitrogens with zero attached hydrogens (tertiary/aromatic N) is 3. The summed E-state index contributed by atoms with van der Waals surface area (Å²) in [6, 6.07) is 7.60. The van der Waals surface area contributed by atoms with Crippen molar-refractivity contribution in [1.29, 1.82) is 0 Å². The molecule has 0 spiro atoms. The van der Waals surface area contributed by atoms with Gasteiger partial charge in [0, 0.05) is 29.8 Å². The molecule has 1 amide bonds. The molecule has 2 heterocycles. The minimum atomic E-state index is -0.336. The molecule has 0 aliphatic carbocycles. The van der Waals surface area contributed by atoms with Crippen LogP contribution >= 0.6 is 0 Å². The van der Waals surface area contributed by atoms with E-state index in [0.717, 1.165) is 5.56 Å². The fourth-order valence-electron chi connectivity index (χ4n) is 2.09. The summed E-state index contributed by atoms with van der Waals surface area (Å²) in [4.78, 5) is 24.3. The first kappa shape index (κ1) is 14.8. The van der Waals surface area contributed by atoms with Gasteiger partial charge in [-0.2, -0.15) is 0 Å². The minimum Gasteiger partial charge on any atom is -0.322 e. The SMILES string of the molecule is Cc1cc(F)ccc1NC(=O)c1ccc(-c2cncnc2)nc1. The standard InChI is InChI=1S/C17H13FN4O/c1-11-6-14(18)3-5-15(11)22-17(23)12-2-4-16(21-9-12)13-7-19-10-20-8-13/h2-10H,1H3,(H,22,23). The average molecular weight is 308 g/mol. The Balaban J connectivity index is 1.78. The Morgan fingerprint density at radius 3 is 2.52 bits per heavy atom. The summed E-state index contributed by atoms with van der Waals surface area (Å²) in [5.41, 5.74) is 3.09. The number of amides is 1. The van der Waals surface area contributed by atoms with Crippen LogP contribution in [0.2, 0.25) is 0 Å². The highest BCUT2D eigenvalue weighted by molar-refractivity contribution is 6.04. The third kappa shape index (κ3) is 3.37. The van der Waals surface area contributed by atoms with Gasteiger partial charge in [-0.1, -0.05) is 0 Å². The molecule has 5 nitrogen and oxygen atoms in total. The molecule has 0 saturated heterocycles. The maximum atomic E-state index is 13.1. The van der Waals surface area contributed by atoms with E-state index in [1.165, 1.54) is 30.7 Å². The number of rotatable bonds is 3. The molecule has 2 aromatic heterocycles. The molecular weight excluding hydrogens is 295 g/mol. The van der Waals surface area contributed by atoms with Gasteiger partial charge in [0.1, 0.15) is 12.1 Å². The van der Waals surface area contributed by atoms with Crippen molar-refractivity contribution in [2.24, 2.45) is 0 Å². The van der Waals surface area contributed by atoms with Crippen LogP contribution in [0.4, 0.5) is 10.1 Å². The molecule has 6 heteroatoms. The number of aryl methyl sites for hydroxylation is 1. The molecular formula is C17H13FN4O. The Labute approximate surface area is 132 Å². The second-order valence-corrected chi connectivity index (χ2v) is 4.97. The van der Waals surface area contributed by atoms with Crippen LogP contribution in [0.3, 0.4) is 0 Å². The number of carbonyl (C=O) groups is 1. The van der Waals surface area contributed by atoms with Gasteiger partial charge >= 0.3 is 0 Å². The number of carbonyl (C=O) groups excluding carboxylic acids is 1. The summed E-state index contributed by atoms with van der Waals surface area (Å²) in [7, 11) is 0. The predicted molar refractivity (Wildman–Crippen MR) is 84.4 cm³/mol. The van der Waals surface area contributed by atoms with Crippen molar-refractivity contribution < 1.29 is 9.18 Å². The van der Waals surface area contributed by atoms with Crippen LogP contribution < -0.4 is 5.32 Å². The molecule has 1 N–H and O–H groups in total. The molecule has 0 aliphatic heterocycles. The summed E-state index contributed by atoms with van der Waals surface area (Å²) >= 11 is 0. The quantitative estimate of drug-likeness (QED) is 0.806. The molecule has 0 saturated carbocycles. The topological polar surface area (TPSA) is 67.8 Å². The molecule has 1 aromatic carbocycles. The smallest absolute Gasteiger partial charge is 0.257 e. The van der Waals surface area contributed by atoms with Crippen LogP contribution in [0.15, 0.2) is 55.2 Å². The van der Waals surface area contributed by atoms with Gasteiger partial charge in [0.05, 0.1) is 11.3 Å². The highest BCUT2D eigenvalue weighted by Crippen LogP contribution is 2.18. The van der Waals surface area contributed by atoms with Gasteiger partial charge in [-0.05, 0) is 42.8 Å². The van der Waals surface area contributed by atoms with E-state index in [-0.39, 0.29) is 11.7 Å². The van der Waals surface area contributed by atoms with E-state index in [1.54, 1.807) is 31.5 Å². The Kier molecular flexibility index (Phi) is 4.05. The lowest BCUT2D eigenvalue weighted by molar-refractivity contribution is 0.102. The average Bonchev–Trinajstić information content (AvgIpc) is 2.58. The summed E-state index contributed by atoms with van der Waals surface area (Å²) in [5.74, 6) is -0.639. The fourth-order valence-corrected chi connectivity index (χ4v) is 2.09. The predicted octanol–water partition coefficient (Wildman–Crippen LogP) is 3.24. The van der Waals surface area contributed by atoms with Gasteiger partial charge in [-0.15, -0.1) is 0 Å². The zero-order valence-electron chi connectivity index (χ0n) is 12.3. The molecule has 3 aromatic rings. The molecule has 114 valence electrons. The van der Waals surface area contributed by atoms with Crippen molar-refractivity contribution in [3.05, 3.63) is 72.2 Å². The second kappa shape index (κ2) is 6.31. The van der Waals surface area contributed by atoms with Crippen molar-refractivity contribution in [2.75, 3.05) is 5.32 Å². The number of anilines is 1. The van der Waals surface area contributed by atoms with E-state index in [0.29, 0.717) is 22.5 Å². The van der Waals surface area contributed by atoms with Crippen LogP contribution in [-0.4, -0.2) is 20.9 Å². The Hall–Kier alpha value is -3.15. The summed E-state index contributed by atoms with van der Waals surface area (Å²) in [6.45, 7) is 1.73. The van der Waals surface area contributed by atoms with Gasteiger partial charge in [-0.3, -0.25) is 9.78 Å². The summed E-state index contributed by atoms with van der Waals surface area (Å²) < 4.78 is 13.1. The van der Waals surface area contributed by atoms with Gasteiger partial charge in [0.25, 0.3) is 5.91 Å². The lowest BCUT2D eigenvalue weighted by Gasteiger charge is -2.08. The third-order valence-electron chi connectivity index (χ3n) is 3.32. The summed E-state index contributed by atoms with van der Waals surface area (Å²) in [6.07, 6.45) is 6.22. The molecule has 0 radical (unpaired) electrons. The van der Waals surface area contributed by atoms with Gasteiger partial charge in [-0.25, -0.2) is 14.4 Å². The van der Waals surface area contributed by atoms with Crippen LogP contribution in [-0.2, 0) is 0 Å². The monoisotopic (exact) mass is 308 g/mol. The van der Waals surface area contributed by atoms with Crippen molar-refractivity contribution >= 4 is 11.6 Å². The van der Waals surface area contributed by atoms with Crippen molar-refractivity contribution in [1.82, 2.24) is 15.0 Å². The van der Waals surface area contributed by atoms with Gasteiger partial charge in [0.2, 0.25) is 0 Å². The van der Waals surface area contributed by atoms with Crippen molar-refractivity contribution in [2.45, 2.75) is 6.92 Å². The molecule has 0 fully saturated rings. The number of aromatic nitrogens is 3. The number of halogens is 1. The number of pyridine rings is 1. The van der Waals surface area contributed by atoms with E-state index in [1.807, 2.05) is 0 Å². The van der Waals surface area contributed by atoms with Gasteiger partial charge < -0.3 is 5.32 Å². The van der Waals surface area contributed by atoms with Crippen LogP contribution in [0.25, 0.3) is 11.3 Å². The maximum absolute atomic E-state index is 13.1. The molecule has 0 bridgehead atoms. The first-order valence-corrected chi connectivity index (χ1v) is 6.92. The van der Waals surface area contributed by atoms with E-state index in [4.69, 9.17) is 0 Å². The molecule has 0 atom stereocenters. The Morgan fingerprint density at radius 1 is 1.09 bits per heavy atom.